The van der Waals surface area contributed by atoms with Crippen LogP contribution < -0.4 is 5.32 Å². The lowest BCUT2D eigenvalue weighted by molar-refractivity contribution is -0.129. The van der Waals surface area contributed by atoms with E-state index in [2.05, 4.69) is 12.2 Å². The molecule has 0 aromatic rings. The number of sulfone groups is 1. The SMILES string of the molecule is CCNC1CCC(N(C)C(=O)CS(C)(=O)=O)CC1. The summed E-state index contributed by atoms with van der Waals surface area (Å²) in [4.78, 5) is 13.4. The third-order valence-corrected chi connectivity index (χ3v) is 4.29. The minimum absolute atomic E-state index is 0.189. The van der Waals surface area contributed by atoms with Gasteiger partial charge in [0.25, 0.3) is 0 Å². The highest BCUT2D eigenvalue weighted by atomic mass is 32.2. The van der Waals surface area contributed by atoms with Crippen LogP contribution in [0.15, 0.2) is 0 Å². The van der Waals surface area contributed by atoms with Crippen molar-refractivity contribution in [3.63, 3.8) is 0 Å². The minimum atomic E-state index is -3.23. The summed E-state index contributed by atoms with van der Waals surface area (Å²) >= 11 is 0. The van der Waals surface area contributed by atoms with Crippen LogP contribution in [0.3, 0.4) is 0 Å². The summed E-state index contributed by atoms with van der Waals surface area (Å²) in [5.74, 6) is -0.666. The highest BCUT2D eigenvalue weighted by Crippen LogP contribution is 2.22. The zero-order chi connectivity index (χ0) is 13.8. The molecule has 6 heteroatoms. The Labute approximate surface area is 110 Å². The smallest absolute Gasteiger partial charge is 0.237 e. The van der Waals surface area contributed by atoms with E-state index in [-0.39, 0.29) is 17.7 Å². The molecular formula is C12H24N2O3S. The van der Waals surface area contributed by atoms with Crippen LogP contribution in [0.1, 0.15) is 32.6 Å². The first kappa shape index (κ1) is 15.4. The van der Waals surface area contributed by atoms with Crippen molar-refractivity contribution >= 4 is 15.7 Å². The highest BCUT2D eigenvalue weighted by molar-refractivity contribution is 7.91. The van der Waals surface area contributed by atoms with Crippen LogP contribution in [0.25, 0.3) is 0 Å². The predicted molar refractivity (Wildman–Crippen MR) is 72.2 cm³/mol. The Morgan fingerprint density at radius 2 is 1.83 bits per heavy atom. The van der Waals surface area contributed by atoms with E-state index in [9.17, 15) is 13.2 Å². The largest absolute Gasteiger partial charge is 0.342 e. The third kappa shape index (κ3) is 4.94. The molecule has 5 nitrogen and oxygen atoms in total. The second-order valence-corrected chi connectivity index (χ2v) is 7.28. The molecule has 0 spiro atoms. The molecule has 0 heterocycles. The van der Waals surface area contributed by atoms with Crippen LogP contribution in [0.5, 0.6) is 0 Å². The van der Waals surface area contributed by atoms with Crippen molar-refractivity contribution in [2.75, 3.05) is 25.6 Å². The first-order valence-corrected chi connectivity index (χ1v) is 8.56. The van der Waals surface area contributed by atoms with Crippen LogP contribution in [0.4, 0.5) is 0 Å². The maximum atomic E-state index is 11.8. The molecule has 1 aliphatic carbocycles. The van der Waals surface area contributed by atoms with E-state index in [4.69, 9.17) is 0 Å². The fourth-order valence-electron chi connectivity index (χ4n) is 2.49. The van der Waals surface area contributed by atoms with Crippen LogP contribution in [-0.4, -0.2) is 56.9 Å². The summed E-state index contributed by atoms with van der Waals surface area (Å²) in [6.07, 6.45) is 5.10. The van der Waals surface area contributed by atoms with Gasteiger partial charge in [-0.2, -0.15) is 0 Å². The minimum Gasteiger partial charge on any atom is -0.342 e. The van der Waals surface area contributed by atoms with Gasteiger partial charge >= 0.3 is 0 Å². The van der Waals surface area contributed by atoms with E-state index >= 15 is 0 Å². The van der Waals surface area contributed by atoms with Crippen LogP contribution in [0.2, 0.25) is 0 Å². The number of rotatable bonds is 5. The zero-order valence-electron chi connectivity index (χ0n) is 11.5. The quantitative estimate of drug-likeness (QED) is 0.790. The van der Waals surface area contributed by atoms with Gasteiger partial charge in [-0.15, -0.1) is 0 Å². The molecule has 1 aliphatic rings. The first-order valence-electron chi connectivity index (χ1n) is 6.50. The topological polar surface area (TPSA) is 66.5 Å². The summed E-state index contributed by atoms with van der Waals surface area (Å²) < 4.78 is 22.2. The Hall–Kier alpha value is -0.620. The van der Waals surface area contributed by atoms with Crippen molar-refractivity contribution in [2.24, 2.45) is 0 Å². The summed E-state index contributed by atoms with van der Waals surface area (Å²) in [5, 5.41) is 3.41. The summed E-state index contributed by atoms with van der Waals surface area (Å²) in [6.45, 7) is 3.06. The number of carbonyl (C=O) groups excluding carboxylic acids is 1. The van der Waals surface area contributed by atoms with Gasteiger partial charge in [0.05, 0.1) is 0 Å². The molecule has 0 bridgehead atoms. The molecule has 0 atom stereocenters. The van der Waals surface area contributed by atoms with Gasteiger partial charge < -0.3 is 10.2 Å². The molecule has 0 aromatic heterocycles. The second kappa shape index (κ2) is 6.52. The molecule has 0 aliphatic heterocycles. The van der Waals surface area contributed by atoms with E-state index in [0.717, 1.165) is 38.5 Å². The first-order chi connectivity index (χ1) is 8.33. The van der Waals surface area contributed by atoms with Crippen molar-refractivity contribution < 1.29 is 13.2 Å². The Kier molecular flexibility index (Phi) is 5.59. The van der Waals surface area contributed by atoms with Gasteiger partial charge in [-0.25, -0.2) is 8.42 Å². The highest BCUT2D eigenvalue weighted by Gasteiger charge is 2.27. The van der Waals surface area contributed by atoms with Crippen molar-refractivity contribution in [1.82, 2.24) is 10.2 Å². The van der Waals surface area contributed by atoms with Crippen molar-refractivity contribution in [1.29, 1.82) is 0 Å². The number of amides is 1. The van der Waals surface area contributed by atoms with Crippen LogP contribution in [0, 0.1) is 0 Å². The number of hydrogen-bond acceptors (Lipinski definition) is 4. The normalized spacial score (nSPS) is 24.8. The molecule has 106 valence electrons. The van der Waals surface area contributed by atoms with E-state index in [1.807, 2.05) is 0 Å². The number of nitrogens with one attached hydrogen (secondary N) is 1. The monoisotopic (exact) mass is 276 g/mol. The molecule has 0 unspecified atom stereocenters. The summed E-state index contributed by atoms with van der Waals surface area (Å²) in [6, 6.07) is 0.735. The van der Waals surface area contributed by atoms with E-state index in [0.29, 0.717) is 6.04 Å². The Morgan fingerprint density at radius 3 is 2.28 bits per heavy atom. The van der Waals surface area contributed by atoms with Crippen molar-refractivity contribution in [3.05, 3.63) is 0 Å². The maximum absolute atomic E-state index is 11.8. The van der Waals surface area contributed by atoms with Gasteiger partial charge in [0.15, 0.2) is 9.84 Å². The molecule has 18 heavy (non-hydrogen) atoms. The second-order valence-electron chi connectivity index (χ2n) is 5.14. The van der Waals surface area contributed by atoms with Crippen LogP contribution >= 0.6 is 0 Å². The lowest BCUT2D eigenvalue weighted by Gasteiger charge is -2.34. The lowest BCUT2D eigenvalue weighted by atomic mass is 9.90. The fraction of sp³-hybridized carbons (Fsp3) is 0.917. The maximum Gasteiger partial charge on any atom is 0.237 e. The summed E-state index contributed by atoms with van der Waals surface area (Å²) in [5.41, 5.74) is 0. The zero-order valence-corrected chi connectivity index (χ0v) is 12.3. The van der Waals surface area contributed by atoms with Gasteiger partial charge in [0, 0.05) is 25.4 Å². The number of hydrogen-bond donors (Lipinski definition) is 1. The molecule has 1 fully saturated rings. The van der Waals surface area contributed by atoms with E-state index < -0.39 is 9.84 Å². The fourth-order valence-corrected chi connectivity index (χ4v) is 3.14. The number of carbonyl (C=O) groups is 1. The molecule has 1 N–H and O–H groups in total. The van der Waals surface area contributed by atoms with E-state index in [1.54, 1.807) is 11.9 Å². The van der Waals surface area contributed by atoms with Gasteiger partial charge in [0.2, 0.25) is 5.91 Å². The van der Waals surface area contributed by atoms with Crippen molar-refractivity contribution in [2.45, 2.75) is 44.7 Å². The predicted octanol–water partition coefficient (Wildman–Crippen LogP) is 0.410. The average molecular weight is 276 g/mol. The summed E-state index contributed by atoms with van der Waals surface area (Å²) in [7, 11) is -1.52. The van der Waals surface area contributed by atoms with Gasteiger partial charge in [0.1, 0.15) is 5.75 Å². The molecule has 1 rings (SSSR count). The molecule has 0 radical (unpaired) electrons. The van der Waals surface area contributed by atoms with Gasteiger partial charge in [-0.3, -0.25) is 4.79 Å². The third-order valence-electron chi connectivity index (χ3n) is 3.52. The molecular weight excluding hydrogens is 252 g/mol. The average Bonchev–Trinajstić information content (AvgIpc) is 2.27. The number of nitrogens with zero attached hydrogens (tertiary/aromatic N) is 1. The van der Waals surface area contributed by atoms with Crippen LogP contribution in [-0.2, 0) is 14.6 Å². The van der Waals surface area contributed by atoms with Crippen molar-refractivity contribution in [3.8, 4) is 0 Å². The van der Waals surface area contributed by atoms with Gasteiger partial charge in [-0.1, -0.05) is 6.92 Å². The molecule has 0 saturated heterocycles. The standard InChI is InChI=1S/C12H24N2O3S/c1-4-13-10-5-7-11(8-6-10)14(2)12(15)9-18(3,16)17/h10-11,13H,4-9H2,1-3H3. The molecule has 0 aromatic carbocycles. The molecule has 1 amide bonds. The Morgan fingerprint density at radius 1 is 1.28 bits per heavy atom. The molecule has 1 saturated carbocycles. The van der Waals surface area contributed by atoms with E-state index in [1.165, 1.54) is 0 Å². The lowest BCUT2D eigenvalue weighted by Crippen LogP contribution is -2.44. The Balaban J connectivity index is 2.44. The Bertz CT molecular complexity index is 373. The van der Waals surface area contributed by atoms with Gasteiger partial charge in [-0.05, 0) is 32.2 Å².